The average molecular weight is 332 g/mol. The molecular weight excluding hydrogens is 310 g/mol. The molecule has 0 amide bonds. The molecule has 1 aromatic heterocycles. The van der Waals surface area contributed by atoms with Crippen LogP contribution in [0.5, 0.6) is 0 Å². The van der Waals surface area contributed by atoms with Crippen molar-refractivity contribution in [2.75, 3.05) is 17.7 Å². The maximum atomic E-state index is 6.00. The highest BCUT2D eigenvalue weighted by Gasteiger charge is 2.16. The summed E-state index contributed by atoms with van der Waals surface area (Å²) < 4.78 is 0. The van der Waals surface area contributed by atoms with Gasteiger partial charge in [-0.15, -0.1) is 0 Å². The number of rotatable bonds is 6. The monoisotopic (exact) mass is 331 g/mol. The smallest absolute Gasteiger partial charge is 0.226 e. The lowest BCUT2D eigenvalue weighted by molar-refractivity contribution is 0.606. The summed E-state index contributed by atoms with van der Waals surface area (Å²) in [6.07, 6.45) is 3.82. The first kappa shape index (κ1) is 17.2. The summed E-state index contributed by atoms with van der Waals surface area (Å²) >= 11 is 5.98. The van der Waals surface area contributed by atoms with E-state index in [0.29, 0.717) is 17.4 Å². The maximum absolute atomic E-state index is 6.00. The van der Waals surface area contributed by atoms with Gasteiger partial charge < -0.3 is 10.6 Å². The molecule has 1 aromatic carbocycles. The van der Waals surface area contributed by atoms with E-state index in [4.69, 9.17) is 17.3 Å². The Kier molecular flexibility index (Phi) is 5.93. The minimum Gasteiger partial charge on any atom is -0.382 e. The van der Waals surface area contributed by atoms with Crippen LogP contribution in [-0.4, -0.2) is 23.2 Å². The van der Waals surface area contributed by atoms with Gasteiger partial charge >= 0.3 is 0 Å². The van der Waals surface area contributed by atoms with Crippen molar-refractivity contribution in [1.82, 2.24) is 9.97 Å². The Hall–Kier alpha value is -2.14. The highest BCUT2D eigenvalue weighted by atomic mass is 35.5. The van der Waals surface area contributed by atoms with Gasteiger partial charge in [-0.1, -0.05) is 32.0 Å². The van der Waals surface area contributed by atoms with Crippen molar-refractivity contribution >= 4 is 40.8 Å². The summed E-state index contributed by atoms with van der Waals surface area (Å²) in [7, 11) is 1.90. The first-order valence-electron chi connectivity index (χ1n) is 7.63. The molecule has 0 saturated carbocycles. The van der Waals surface area contributed by atoms with Gasteiger partial charge in [-0.05, 0) is 42.5 Å². The van der Waals surface area contributed by atoms with Crippen LogP contribution in [0.1, 0.15) is 26.7 Å². The van der Waals surface area contributed by atoms with Crippen molar-refractivity contribution in [1.29, 1.82) is 0 Å². The maximum Gasteiger partial charge on any atom is 0.226 e. The second-order valence-electron chi connectivity index (χ2n) is 5.73. The summed E-state index contributed by atoms with van der Waals surface area (Å²) in [6, 6.07) is 9.85. The van der Waals surface area contributed by atoms with Crippen molar-refractivity contribution in [2.45, 2.75) is 26.7 Å². The molecule has 2 aromatic rings. The standard InChI is InChI=1S/C17H22ClN5/c1-12(2)8-7-11-20-14-15(19)21-17(18)22-16(14)23(3)13-9-5-4-6-10-13/h4-6,9-12H,7-8H2,1-3H3,(H2,19,21,22). The van der Waals surface area contributed by atoms with Crippen LogP contribution in [0, 0.1) is 5.92 Å². The molecule has 0 fully saturated rings. The number of nitrogen functional groups attached to an aromatic ring is 1. The van der Waals surface area contributed by atoms with Gasteiger partial charge in [0.2, 0.25) is 5.28 Å². The fraction of sp³-hybridized carbons (Fsp3) is 0.353. The van der Waals surface area contributed by atoms with E-state index < -0.39 is 0 Å². The van der Waals surface area contributed by atoms with Crippen LogP contribution in [0.25, 0.3) is 0 Å². The number of aromatic nitrogens is 2. The third-order valence-corrected chi connectivity index (χ3v) is 3.59. The van der Waals surface area contributed by atoms with Crippen LogP contribution < -0.4 is 10.6 Å². The van der Waals surface area contributed by atoms with E-state index in [2.05, 4.69) is 28.8 Å². The van der Waals surface area contributed by atoms with Crippen LogP contribution in [0.3, 0.4) is 0 Å². The van der Waals surface area contributed by atoms with Gasteiger partial charge in [0.15, 0.2) is 11.6 Å². The second kappa shape index (κ2) is 7.92. The van der Waals surface area contributed by atoms with Crippen molar-refractivity contribution in [3.8, 4) is 0 Å². The summed E-state index contributed by atoms with van der Waals surface area (Å²) in [6.45, 7) is 4.37. The zero-order chi connectivity index (χ0) is 16.8. The zero-order valence-electron chi connectivity index (χ0n) is 13.7. The Balaban J connectivity index is 2.34. The highest BCUT2D eigenvalue weighted by molar-refractivity contribution is 6.28. The van der Waals surface area contributed by atoms with Crippen molar-refractivity contribution < 1.29 is 0 Å². The van der Waals surface area contributed by atoms with E-state index in [0.717, 1.165) is 18.5 Å². The molecule has 1 heterocycles. The summed E-state index contributed by atoms with van der Waals surface area (Å²) in [5, 5.41) is 0.112. The highest BCUT2D eigenvalue weighted by Crippen LogP contribution is 2.35. The molecule has 0 unspecified atom stereocenters. The number of aliphatic imine (C=N–C) groups is 1. The van der Waals surface area contributed by atoms with E-state index in [1.54, 1.807) is 0 Å². The van der Waals surface area contributed by atoms with E-state index in [9.17, 15) is 0 Å². The van der Waals surface area contributed by atoms with Gasteiger partial charge in [-0.3, -0.25) is 4.99 Å². The lowest BCUT2D eigenvalue weighted by Crippen LogP contribution is -2.13. The Labute approximate surface area is 142 Å². The molecule has 0 bridgehead atoms. The molecule has 0 radical (unpaired) electrons. The fourth-order valence-corrected chi connectivity index (χ4v) is 2.30. The van der Waals surface area contributed by atoms with Gasteiger partial charge in [0, 0.05) is 18.9 Å². The predicted octanol–water partition coefficient (Wildman–Crippen LogP) is 4.62. The van der Waals surface area contributed by atoms with Gasteiger partial charge in [0.1, 0.15) is 5.69 Å². The molecule has 0 aliphatic carbocycles. The lowest BCUT2D eigenvalue weighted by Gasteiger charge is -2.20. The van der Waals surface area contributed by atoms with Gasteiger partial charge in [0.05, 0.1) is 0 Å². The Morgan fingerprint density at radius 3 is 2.61 bits per heavy atom. The van der Waals surface area contributed by atoms with Crippen molar-refractivity contribution in [2.24, 2.45) is 10.9 Å². The largest absolute Gasteiger partial charge is 0.382 e. The molecule has 23 heavy (non-hydrogen) atoms. The van der Waals surface area contributed by atoms with Gasteiger partial charge in [-0.25, -0.2) is 0 Å². The fourth-order valence-electron chi connectivity index (χ4n) is 2.13. The number of nitrogens with zero attached hydrogens (tertiary/aromatic N) is 4. The SMILES string of the molecule is CC(C)CCC=Nc1c(N)nc(Cl)nc1N(C)c1ccccc1. The minimum atomic E-state index is 0.112. The van der Waals surface area contributed by atoms with Crippen molar-refractivity contribution in [3.05, 3.63) is 35.6 Å². The van der Waals surface area contributed by atoms with E-state index >= 15 is 0 Å². The van der Waals surface area contributed by atoms with E-state index in [-0.39, 0.29) is 11.1 Å². The van der Waals surface area contributed by atoms with Crippen LogP contribution in [-0.2, 0) is 0 Å². The zero-order valence-corrected chi connectivity index (χ0v) is 14.5. The van der Waals surface area contributed by atoms with Gasteiger partial charge in [0.25, 0.3) is 0 Å². The molecule has 0 aliphatic heterocycles. The van der Waals surface area contributed by atoms with Crippen LogP contribution in [0.15, 0.2) is 35.3 Å². The molecule has 2 N–H and O–H groups in total. The lowest BCUT2D eigenvalue weighted by atomic mass is 10.1. The summed E-state index contributed by atoms with van der Waals surface area (Å²) in [4.78, 5) is 14.7. The molecule has 0 aliphatic rings. The van der Waals surface area contributed by atoms with Crippen LogP contribution in [0.2, 0.25) is 5.28 Å². The van der Waals surface area contributed by atoms with Gasteiger partial charge in [-0.2, -0.15) is 9.97 Å². The first-order chi connectivity index (χ1) is 11.0. The molecule has 0 spiro atoms. The summed E-state index contributed by atoms with van der Waals surface area (Å²) in [5.41, 5.74) is 7.52. The predicted molar refractivity (Wildman–Crippen MR) is 98.2 cm³/mol. The Morgan fingerprint density at radius 2 is 1.96 bits per heavy atom. The molecule has 2 rings (SSSR count). The number of hydrogen-bond acceptors (Lipinski definition) is 5. The summed E-state index contributed by atoms with van der Waals surface area (Å²) in [5.74, 6) is 1.50. The molecule has 122 valence electrons. The topological polar surface area (TPSA) is 67.4 Å². The molecule has 5 nitrogen and oxygen atoms in total. The third-order valence-electron chi connectivity index (χ3n) is 3.42. The number of hydrogen-bond donors (Lipinski definition) is 1. The number of para-hydroxylation sites is 1. The molecule has 0 atom stereocenters. The van der Waals surface area contributed by atoms with E-state index in [1.807, 2.05) is 48.5 Å². The first-order valence-corrected chi connectivity index (χ1v) is 8.01. The van der Waals surface area contributed by atoms with Crippen LogP contribution in [0.4, 0.5) is 23.0 Å². The molecule has 6 heteroatoms. The number of anilines is 3. The Morgan fingerprint density at radius 1 is 1.26 bits per heavy atom. The molecular formula is C17H22ClN5. The van der Waals surface area contributed by atoms with E-state index in [1.165, 1.54) is 0 Å². The normalized spacial score (nSPS) is 11.3. The minimum absolute atomic E-state index is 0.112. The van der Waals surface area contributed by atoms with Crippen LogP contribution >= 0.6 is 11.6 Å². The molecule has 0 saturated heterocycles. The Bertz CT molecular complexity index is 670. The second-order valence-corrected chi connectivity index (χ2v) is 6.07. The average Bonchev–Trinajstić information content (AvgIpc) is 2.52. The quantitative estimate of drug-likeness (QED) is 0.619. The number of nitrogens with two attached hydrogens (primary N) is 1. The number of halogens is 1. The van der Waals surface area contributed by atoms with Crippen molar-refractivity contribution in [3.63, 3.8) is 0 Å². The third kappa shape index (κ3) is 4.66. The number of benzene rings is 1.